The third kappa shape index (κ3) is 7.82. The summed E-state index contributed by atoms with van der Waals surface area (Å²) in [5, 5.41) is 4.51. The van der Waals surface area contributed by atoms with Crippen molar-refractivity contribution in [1.82, 2.24) is 5.32 Å². The first-order valence-electron chi connectivity index (χ1n) is 10.3. The van der Waals surface area contributed by atoms with Crippen LogP contribution in [0.15, 0.2) is 66.7 Å². The molecule has 0 fully saturated rings. The number of nitrogens with one attached hydrogen (secondary N) is 1. The molecule has 0 aliphatic rings. The molecule has 0 spiro atoms. The first kappa shape index (κ1) is 26.7. The van der Waals surface area contributed by atoms with E-state index in [2.05, 4.69) is 5.32 Å². The summed E-state index contributed by atoms with van der Waals surface area (Å²) in [5.74, 6) is 1.27. The van der Waals surface area contributed by atoms with E-state index >= 15 is 0 Å². The second-order valence-corrected chi connectivity index (χ2v) is 11.8. The highest BCUT2D eigenvalue weighted by Gasteiger charge is 2.18. The number of benzene rings is 3. The maximum atomic E-state index is 12.5. The quantitative estimate of drug-likeness (QED) is 0.298. The summed E-state index contributed by atoms with van der Waals surface area (Å²) in [6, 6.07) is 19.0. The van der Waals surface area contributed by atoms with Gasteiger partial charge in [0.1, 0.15) is 0 Å². The number of rotatable bonds is 10. The molecule has 0 aromatic heterocycles. The van der Waals surface area contributed by atoms with Crippen molar-refractivity contribution in [2.24, 2.45) is 0 Å². The molecule has 0 heterocycles. The summed E-state index contributed by atoms with van der Waals surface area (Å²) in [6.07, 6.45) is 1.15. The molecule has 3 rings (SSSR count). The van der Waals surface area contributed by atoms with Gasteiger partial charge in [0.05, 0.1) is 28.5 Å². The molecule has 1 N–H and O–H groups in total. The molecule has 0 radical (unpaired) electrons. The number of hydrogen-bond donors (Lipinski definition) is 1. The molecular weight excluding hydrogens is 535 g/mol. The maximum absolute atomic E-state index is 12.5. The van der Waals surface area contributed by atoms with Crippen molar-refractivity contribution >= 4 is 68.2 Å². The Morgan fingerprint density at radius 1 is 0.912 bits per heavy atom. The Morgan fingerprint density at radius 3 is 2.18 bits per heavy atom. The largest absolute Gasteiger partial charge is 0.351 e. The molecule has 1 amide bonds. The highest BCUT2D eigenvalue weighted by atomic mass is 35.5. The fraction of sp³-hybridized carbons (Fsp3) is 0.208. The van der Waals surface area contributed by atoms with E-state index in [-0.39, 0.29) is 12.5 Å². The van der Waals surface area contributed by atoms with Crippen LogP contribution in [0.4, 0.5) is 5.69 Å². The Labute approximate surface area is 219 Å². The first-order valence-corrected chi connectivity index (χ1v) is 14.4. The van der Waals surface area contributed by atoms with Crippen LogP contribution in [0.5, 0.6) is 0 Å². The minimum Gasteiger partial charge on any atom is -0.351 e. The molecule has 0 aliphatic heterocycles. The van der Waals surface area contributed by atoms with Crippen LogP contribution in [-0.4, -0.2) is 32.9 Å². The third-order valence-electron chi connectivity index (χ3n) is 4.84. The first-order chi connectivity index (χ1) is 16.1. The Balaban J connectivity index is 1.53. The molecule has 0 atom stereocenters. The zero-order valence-electron chi connectivity index (χ0n) is 18.3. The predicted molar refractivity (Wildman–Crippen MR) is 144 cm³/mol. The van der Waals surface area contributed by atoms with Gasteiger partial charge in [0, 0.05) is 28.6 Å². The van der Waals surface area contributed by atoms with Gasteiger partial charge in [-0.2, -0.15) is 11.8 Å². The average Bonchev–Trinajstić information content (AvgIpc) is 2.80. The number of sulfonamides is 1. The van der Waals surface area contributed by atoms with Crippen molar-refractivity contribution in [3.8, 4) is 0 Å². The summed E-state index contributed by atoms with van der Waals surface area (Å²) in [5.41, 5.74) is 2.80. The van der Waals surface area contributed by atoms with Gasteiger partial charge in [-0.25, -0.2) is 8.42 Å². The molecule has 0 bridgehead atoms. The minimum absolute atomic E-state index is 0.164. The highest BCUT2D eigenvalue weighted by molar-refractivity contribution is 7.98. The van der Waals surface area contributed by atoms with Crippen molar-refractivity contribution < 1.29 is 13.2 Å². The van der Waals surface area contributed by atoms with E-state index < -0.39 is 10.0 Å². The summed E-state index contributed by atoms with van der Waals surface area (Å²) in [7, 11) is -3.53. The Hall–Kier alpha value is -1.90. The van der Waals surface area contributed by atoms with Gasteiger partial charge in [-0.15, -0.1) is 0 Å². The van der Waals surface area contributed by atoms with Crippen LogP contribution in [0.25, 0.3) is 0 Å². The van der Waals surface area contributed by atoms with Crippen LogP contribution in [0.3, 0.4) is 0 Å². The van der Waals surface area contributed by atoms with Crippen LogP contribution in [-0.2, 0) is 22.3 Å². The molecule has 5 nitrogen and oxygen atoms in total. The number of nitrogens with zero attached hydrogens (tertiary/aromatic N) is 1. The van der Waals surface area contributed by atoms with Gasteiger partial charge in [-0.3, -0.25) is 9.10 Å². The van der Waals surface area contributed by atoms with Crippen molar-refractivity contribution in [2.45, 2.75) is 12.3 Å². The van der Waals surface area contributed by atoms with E-state index in [1.807, 2.05) is 12.1 Å². The molecular formula is C24H23Cl3N2O3S2. The smallest absolute Gasteiger partial charge is 0.251 e. The Bertz CT molecular complexity index is 1240. The topological polar surface area (TPSA) is 66.5 Å². The van der Waals surface area contributed by atoms with Gasteiger partial charge in [0.15, 0.2) is 0 Å². The SMILES string of the molecule is CS(=O)(=O)N(Cc1ccc(Cl)cc1)c1ccc(C(=O)NCCSCc2ccc(Cl)c(Cl)c2)cc1. The van der Waals surface area contributed by atoms with Gasteiger partial charge in [0.25, 0.3) is 5.91 Å². The normalized spacial score (nSPS) is 11.3. The van der Waals surface area contributed by atoms with E-state index in [0.29, 0.717) is 32.9 Å². The van der Waals surface area contributed by atoms with E-state index in [1.54, 1.807) is 66.4 Å². The van der Waals surface area contributed by atoms with Gasteiger partial charge < -0.3 is 5.32 Å². The number of hydrogen-bond acceptors (Lipinski definition) is 4. The van der Waals surface area contributed by atoms with Crippen molar-refractivity contribution in [3.05, 3.63) is 98.5 Å². The van der Waals surface area contributed by atoms with E-state index in [1.165, 1.54) is 4.31 Å². The molecule has 0 saturated heterocycles. The molecule has 34 heavy (non-hydrogen) atoms. The molecule has 3 aromatic rings. The van der Waals surface area contributed by atoms with E-state index in [4.69, 9.17) is 34.8 Å². The molecule has 10 heteroatoms. The number of halogens is 3. The monoisotopic (exact) mass is 556 g/mol. The van der Waals surface area contributed by atoms with Crippen molar-refractivity contribution in [2.75, 3.05) is 22.9 Å². The van der Waals surface area contributed by atoms with Gasteiger partial charge in [0.2, 0.25) is 10.0 Å². The molecule has 0 saturated carbocycles. The van der Waals surface area contributed by atoms with Crippen LogP contribution in [0.2, 0.25) is 15.1 Å². The van der Waals surface area contributed by atoms with Gasteiger partial charge in [-0.1, -0.05) is 53.0 Å². The van der Waals surface area contributed by atoms with Gasteiger partial charge in [-0.05, 0) is 59.7 Å². The maximum Gasteiger partial charge on any atom is 0.251 e. The molecule has 3 aromatic carbocycles. The Kier molecular flexibility index (Phi) is 9.56. The fourth-order valence-electron chi connectivity index (χ4n) is 3.09. The number of amides is 1. The Morgan fingerprint density at radius 2 is 1.56 bits per heavy atom. The molecule has 0 unspecified atom stereocenters. The second kappa shape index (κ2) is 12.2. The van der Waals surface area contributed by atoms with Crippen LogP contribution >= 0.6 is 46.6 Å². The third-order valence-corrected chi connectivity index (χ3v) is 8.00. The zero-order chi connectivity index (χ0) is 24.7. The lowest BCUT2D eigenvalue weighted by atomic mass is 10.2. The fourth-order valence-corrected chi connectivity index (χ4v) is 5.23. The number of thioether (sulfide) groups is 1. The predicted octanol–water partition coefficient (Wildman–Crippen LogP) is 6.28. The standard InChI is InChI=1S/C24H23Cl3N2O3S2/c1-34(31,32)29(15-17-2-7-20(25)8-3-17)21-9-5-19(6-10-21)24(30)28-12-13-33-16-18-4-11-22(26)23(27)14-18/h2-11,14H,12-13,15-16H2,1H3,(H,28,30). The summed E-state index contributed by atoms with van der Waals surface area (Å²) < 4.78 is 26.0. The molecule has 0 aliphatic carbocycles. The summed E-state index contributed by atoms with van der Waals surface area (Å²) in [6.45, 7) is 0.663. The second-order valence-electron chi connectivity index (χ2n) is 7.50. The van der Waals surface area contributed by atoms with Crippen molar-refractivity contribution in [3.63, 3.8) is 0 Å². The number of carbonyl (C=O) groups is 1. The van der Waals surface area contributed by atoms with Crippen LogP contribution in [0.1, 0.15) is 21.5 Å². The molecule has 180 valence electrons. The lowest BCUT2D eigenvalue weighted by Crippen LogP contribution is -2.29. The lowest BCUT2D eigenvalue weighted by Gasteiger charge is -2.22. The summed E-state index contributed by atoms with van der Waals surface area (Å²) in [4.78, 5) is 12.5. The highest BCUT2D eigenvalue weighted by Crippen LogP contribution is 2.25. The van der Waals surface area contributed by atoms with Crippen LogP contribution in [0, 0.1) is 0 Å². The summed E-state index contributed by atoms with van der Waals surface area (Å²) >= 11 is 19.5. The minimum atomic E-state index is -3.53. The zero-order valence-corrected chi connectivity index (χ0v) is 22.2. The van der Waals surface area contributed by atoms with Crippen LogP contribution < -0.4 is 9.62 Å². The van der Waals surface area contributed by atoms with E-state index in [9.17, 15) is 13.2 Å². The lowest BCUT2D eigenvalue weighted by molar-refractivity contribution is 0.0956. The number of anilines is 1. The van der Waals surface area contributed by atoms with Crippen molar-refractivity contribution in [1.29, 1.82) is 0 Å². The number of carbonyl (C=O) groups excluding carboxylic acids is 1. The van der Waals surface area contributed by atoms with Gasteiger partial charge >= 0.3 is 0 Å². The van der Waals surface area contributed by atoms with E-state index in [0.717, 1.165) is 28.9 Å². The average molecular weight is 558 g/mol.